The van der Waals surface area contributed by atoms with Crippen LogP contribution in [-0.4, -0.2) is 39.4 Å². The summed E-state index contributed by atoms with van der Waals surface area (Å²) in [4.78, 5) is 2.38. The fraction of sp³-hybridized carbons (Fsp3) is 0.391. The van der Waals surface area contributed by atoms with Crippen LogP contribution >= 0.6 is 11.8 Å². The van der Waals surface area contributed by atoms with Gasteiger partial charge >= 0.3 is 6.61 Å². The maximum Gasteiger partial charge on any atom is 0.387 e. The Balaban J connectivity index is 1.63. The van der Waals surface area contributed by atoms with Crippen LogP contribution in [0.1, 0.15) is 43.6 Å². The molecular formula is C23H25F3N4OS. The van der Waals surface area contributed by atoms with Crippen molar-refractivity contribution in [3.05, 3.63) is 65.7 Å². The maximum atomic E-state index is 13.6. The lowest BCUT2D eigenvalue weighted by atomic mass is 10.1. The number of thioether (sulfide) groups is 1. The van der Waals surface area contributed by atoms with E-state index in [1.54, 1.807) is 30.3 Å². The number of piperidine rings is 1. The molecule has 1 aliphatic rings. The Morgan fingerprint density at radius 1 is 1.00 bits per heavy atom. The molecular weight excluding hydrogens is 437 g/mol. The van der Waals surface area contributed by atoms with E-state index in [-0.39, 0.29) is 17.6 Å². The van der Waals surface area contributed by atoms with E-state index in [0.29, 0.717) is 16.5 Å². The number of halogens is 3. The van der Waals surface area contributed by atoms with Crippen LogP contribution in [0.2, 0.25) is 0 Å². The highest BCUT2D eigenvalue weighted by Crippen LogP contribution is 2.32. The predicted molar refractivity (Wildman–Crippen MR) is 118 cm³/mol. The summed E-state index contributed by atoms with van der Waals surface area (Å²) < 4.78 is 45.7. The number of para-hydroxylation sites is 1. The van der Waals surface area contributed by atoms with Gasteiger partial charge in [-0.2, -0.15) is 8.78 Å². The van der Waals surface area contributed by atoms with Crippen molar-refractivity contribution in [1.29, 1.82) is 0 Å². The molecule has 3 aromatic rings. The van der Waals surface area contributed by atoms with E-state index in [1.165, 1.54) is 36.4 Å². The van der Waals surface area contributed by atoms with Crippen LogP contribution in [0.25, 0.3) is 5.69 Å². The third-order valence-electron chi connectivity index (χ3n) is 5.60. The van der Waals surface area contributed by atoms with Gasteiger partial charge in [-0.3, -0.25) is 9.47 Å². The highest BCUT2D eigenvalue weighted by atomic mass is 32.2. The average molecular weight is 463 g/mol. The number of likely N-dealkylation sites (tertiary alicyclic amines) is 1. The minimum atomic E-state index is -2.89. The van der Waals surface area contributed by atoms with Gasteiger partial charge in [-0.15, -0.1) is 10.2 Å². The second-order valence-electron chi connectivity index (χ2n) is 7.70. The van der Waals surface area contributed by atoms with Crippen LogP contribution < -0.4 is 4.74 Å². The van der Waals surface area contributed by atoms with Crippen molar-refractivity contribution in [2.45, 2.75) is 49.7 Å². The van der Waals surface area contributed by atoms with Crippen LogP contribution in [0.4, 0.5) is 13.2 Å². The Kier molecular flexibility index (Phi) is 7.36. The quantitative estimate of drug-likeness (QED) is 0.393. The molecule has 0 amide bonds. The number of nitrogens with zero attached hydrogens (tertiary/aromatic N) is 4. The van der Waals surface area contributed by atoms with Gasteiger partial charge in [0.25, 0.3) is 0 Å². The first-order valence-corrected chi connectivity index (χ1v) is 11.6. The summed E-state index contributed by atoms with van der Waals surface area (Å²) in [6.45, 7) is 1.22. The molecule has 0 N–H and O–H groups in total. The number of benzene rings is 2. The molecule has 9 heteroatoms. The molecule has 4 rings (SSSR count). The largest absolute Gasteiger partial charge is 0.435 e. The first-order chi connectivity index (χ1) is 15.5. The smallest absolute Gasteiger partial charge is 0.387 e. The van der Waals surface area contributed by atoms with Gasteiger partial charge in [-0.25, -0.2) is 4.39 Å². The summed E-state index contributed by atoms with van der Waals surface area (Å²) in [5.74, 6) is 0.975. The molecule has 5 nitrogen and oxygen atoms in total. The molecule has 2 aromatic carbocycles. The molecule has 2 heterocycles. The minimum absolute atomic E-state index is 0.0386. The van der Waals surface area contributed by atoms with E-state index in [2.05, 4.69) is 26.8 Å². The molecule has 0 aliphatic carbocycles. The molecule has 0 bridgehead atoms. The molecule has 1 atom stereocenters. The summed E-state index contributed by atoms with van der Waals surface area (Å²) in [6, 6.07) is 13.0. The highest BCUT2D eigenvalue weighted by molar-refractivity contribution is 7.98. The van der Waals surface area contributed by atoms with E-state index < -0.39 is 6.61 Å². The maximum absolute atomic E-state index is 13.6. The number of ether oxygens (including phenoxy) is 1. The normalized spacial score (nSPS) is 15.8. The molecule has 170 valence electrons. The molecule has 0 spiro atoms. The van der Waals surface area contributed by atoms with E-state index in [0.717, 1.165) is 37.4 Å². The van der Waals surface area contributed by atoms with Gasteiger partial charge < -0.3 is 4.74 Å². The zero-order valence-electron chi connectivity index (χ0n) is 17.8. The van der Waals surface area contributed by atoms with Crippen molar-refractivity contribution in [2.75, 3.05) is 13.1 Å². The third-order valence-corrected chi connectivity index (χ3v) is 6.58. The minimum Gasteiger partial charge on any atom is -0.435 e. The summed E-state index contributed by atoms with van der Waals surface area (Å²) in [7, 11) is 0. The van der Waals surface area contributed by atoms with Gasteiger partial charge in [0.1, 0.15) is 11.6 Å². The fourth-order valence-corrected chi connectivity index (χ4v) is 4.87. The highest BCUT2D eigenvalue weighted by Gasteiger charge is 2.25. The lowest BCUT2D eigenvalue weighted by molar-refractivity contribution is -0.0503. The van der Waals surface area contributed by atoms with Crippen LogP contribution in [0.3, 0.4) is 0 Å². The number of hydrogen-bond acceptors (Lipinski definition) is 5. The Labute approximate surface area is 189 Å². The molecule has 1 saturated heterocycles. The molecule has 1 aliphatic heterocycles. The zero-order valence-corrected chi connectivity index (χ0v) is 18.6. The van der Waals surface area contributed by atoms with Gasteiger partial charge in [0.2, 0.25) is 0 Å². The van der Waals surface area contributed by atoms with Crippen LogP contribution in [0.15, 0.2) is 53.7 Å². The van der Waals surface area contributed by atoms with E-state index in [1.807, 2.05) is 4.57 Å². The van der Waals surface area contributed by atoms with Gasteiger partial charge in [0.15, 0.2) is 11.0 Å². The van der Waals surface area contributed by atoms with Crippen LogP contribution in [0.5, 0.6) is 5.75 Å². The zero-order chi connectivity index (χ0) is 22.5. The first-order valence-electron chi connectivity index (χ1n) is 10.6. The third kappa shape index (κ3) is 5.27. The molecule has 0 unspecified atom stereocenters. The van der Waals surface area contributed by atoms with E-state index >= 15 is 0 Å². The van der Waals surface area contributed by atoms with E-state index in [4.69, 9.17) is 0 Å². The van der Waals surface area contributed by atoms with Crippen molar-refractivity contribution < 1.29 is 17.9 Å². The SMILES string of the molecule is C[C@@H](c1nnc(SCc2ccccc2OC(F)F)n1-c1ccc(F)cc1)N1CCCCC1. The number of alkyl halides is 2. The van der Waals surface area contributed by atoms with Crippen LogP contribution in [0, 0.1) is 5.82 Å². The Hall–Kier alpha value is -2.52. The lowest BCUT2D eigenvalue weighted by Gasteiger charge is -2.31. The van der Waals surface area contributed by atoms with Gasteiger partial charge in [-0.1, -0.05) is 36.4 Å². The molecule has 1 fully saturated rings. The lowest BCUT2D eigenvalue weighted by Crippen LogP contribution is -2.33. The van der Waals surface area contributed by atoms with Crippen LogP contribution in [-0.2, 0) is 5.75 Å². The second kappa shape index (κ2) is 10.4. The van der Waals surface area contributed by atoms with Crippen molar-refractivity contribution in [2.24, 2.45) is 0 Å². The van der Waals surface area contributed by atoms with Crippen molar-refractivity contribution in [1.82, 2.24) is 19.7 Å². The molecule has 32 heavy (non-hydrogen) atoms. The van der Waals surface area contributed by atoms with Crippen molar-refractivity contribution in [3.63, 3.8) is 0 Å². The van der Waals surface area contributed by atoms with Gasteiger partial charge in [-0.05, 0) is 63.2 Å². The average Bonchev–Trinajstić information content (AvgIpc) is 3.22. The molecule has 0 radical (unpaired) electrons. The number of rotatable bonds is 8. The summed E-state index contributed by atoms with van der Waals surface area (Å²) in [6.07, 6.45) is 3.53. The number of hydrogen-bond donors (Lipinski definition) is 0. The summed E-state index contributed by atoms with van der Waals surface area (Å²) in [5, 5.41) is 9.49. The summed E-state index contributed by atoms with van der Waals surface area (Å²) >= 11 is 1.38. The molecule has 1 aromatic heterocycles. The second-order valence-corrected chi connectivity index (χ2v) is 8.64. The molecule has 0 saturated carbocycles. The summed E-state index contributed by atoms with van der Waals surface area (Å²) in [5.41, 5.74) is 1.40. The topological polar surface area (TPSA) is 43.2 Å². The van der Waals surface area contributed by atoms with Crippen molar-refractivity contribution >= 4 is 11.8 Å². The fourth-order valence-electron chi connectivity index (χ4n) is 3.92. The predicted octanol–water partition coefficient (Wildman–Crippen LogP) is 5.85. The van der Waals surface area contributed by atoms with Gasteiger partial charge in [0.05, 0.1) is 6.04 Å². The van der Waals surface area contributed by atoms with E-state index in [9.17, 15) is 13.2 Å². The Morgan fingerprint density at radius 2 is 1.72 bits per heavy atom. The first kappa shape index (κ1) is 22.7. The van der Waals surface area contributed by atoms with Gasteiger partial charge in [0, 0.05) is 17.0 Å². The number of aromatic nitrogens is 3. The van der Waals surface area contributed by atoms with Crippen molar-refractivity contribution in [3.8, 4) is 11.4 Å². The Morgan fingerprint density at radius 3 is 2.44 bits per heavy atom. The Bertz CT molecular complexity index is 1020. The monoisotopic (exact) mass is 462 g/mol. The standard InChI is InChI=1S/C23H25F3N4OS/c1-16(29-13-5-2-6-14-29)21-27-28-23(30(21)19-11-9-18(24)10-12-19)32-15-17-7-3-4-8-20(17)31-22(25)26/h3-4,7-12,16,22H,2,5-6,13-15H2,1H3/t16-/m0/s1.